The Morgan fingerprint density at radius 1 is 0.887 bits per heavy atom. The van der Waals surface area contributed by atoms with Crippen LogP contribution >= 0.6 is 51.8 Å². The number of pyridine rings is 1. The number of carbonyl (C=O) groups excluding carboxylic acids is 4. The Bertz CT molecular complexity index is 3250. The monoisotopic (exact) mass is 1190 g/mol. The Labute approximate surface area is 491 Å². The highest BCUT2D eigenvalue weighted by Gasteiger charge is 2.42. The standard InChI is InChI=1S/C55H67FN12O7S2.3H2S/c1-33-34(2)63-64-41(33)28-42-40-27-47(77(73,74)55(4,5)6)46(29-43(40)60-32-59-42)75-26-25-65-21-23-66(24-22-65)48-15-12-38(30-58-48)53(71)67-19-16-36(17-20-67)49(62-51(70)35(3)57-7)54(72)68-18-8-9-45(68)52-61-44(31-76-52)50(69)37-10-13-39(56)14-11-37;;;/h10-15,27,29-32,35-36,45,49,57H,8-9,16-26,28H2,1-7H3,(H,62,70)(H,63,64);3*1H2/t35-,45-,49-;;;/m0.../s1. The number of sulfone groups is 1. The van der Waals surface area contributed by atoms with Gasteiger partial charge in [0.2, 0.25) is 17.6 Å². The summed E-state index contributed by atoms with van der Waals surface area (Å²) in [6.07, 6.45) is 5.87. The number of rotatable bonds is 17. The van der Waals surface area contributed by atoms with Gasteiger partial charge in [-0.3, -0.25) is 29.2 Å². The molecule has 3 N–H and O–H groups in total. The van der Waals surface area contributed by atoms with Crippen LogP contribution in [0.1, 0.15) is 113 Å². The van der Waals surface area contributed by atoms with E-state index in [9.17, 15) is 32.0 Å². The third-order valence-corrected chi connectivity index (χ3v) is 18.8. The number of H-pyrrole nitrogens is 1. The van der Waals surface area contributed by atoms with Crippen molar-refractivity contribution in [2.75, 3.05) is 70.9 Å². The molecule has 0 radical (unpaired) electrons. The molecule has 2 aromatic carbocycles. The summed E-state index contributed by atoms with van der Waals surface area (Å²) >= 11 is 1.30. The number of ketones is 1. The van der Waals surface area contributed by atoms with E-state index in [0.717, 1.165) is 42.3 Å². The largest absolute Gasteiger partial charge is 0.491 e. The van der Waals surface area contributed by atoms with Gasteiger partial charge in [-0.1, -0.05) is 0 Å². The molecule has 3 fully saturated rings. The van der Waals surface area contributed by atoms with Gasteiger partial charge in [0.05, 0.1) is 39.3 Å². The maximum absolute atomic E-state index is 14.6. The van der Waals surface area contributed by atoms with E-state index in [1.807, 2.05) is 19.9 Å². The molecule has 7 heterocycles. The quantitative estimate of drug-likeness (QED) is 0.0864. The lowest BCUT2D eigenvalue weighted by molar-refractivity contribution is -0.139. The maximum atomic E-state index is 14.6. The van der Waals surface area contributed by atoms with Crippen LogP contribution in [0.3, 0.4) is 0 Å². The number of nitrogens with zero attached hydrogens (tertiary/aromatic N) is 9. The lowest BCUT2D eigenvalue weighted by Crippen LogP contribution is -2.57. The fourth-order valence-electron chi connectivity index (χ4n) is 10.1. The predicted molar refractivity (Wildman–Crippen MR) is 322 cm³/mol. The third kappa shape index (κ3) is 13.8. The first kappa shape index (κ1) is 63.5. The second kappa shape index (κ2) is 26.9. The second-order valence-corrected chi connectivity index (χ2v) is 24.7. The fraction of sp³-hybridized carbons (Fsp3) is 0.473. The van der Waals surface area contributed by atoms with E-state index >= 15 is 0 Å². The van der Waals surface area contributed by atoms with Crippen LogP contribution < -0.4 is 20.3 Å². The molecule has 25 heteroatoms. The maximum Gasteiger partial charge on any atom is 0.255 e. The molecule has 0 saturated carbocycles. The average molecular weight is 1190 g/mol. The van der Waals surface area contributed by atoms with Crippen molar-refractivity contribution >= 4 is 102 Å². The number of fused-ring (bicyclic) bond motifs is 1. The fourth-order valence-corrected chi connectivity index (χ4v) is 12.4. The number of amides is 3. The van der Waals surface area contributed by atoms with Gasteiger partial charge < -0.3 is 30.1 Å². The minimum Gasteiger partial charge on any atom is -0.491 e. The molecule has 0 bridgehead atoms. The Hall–Kier alpha value is -5.70. The average Bonchev–Trinajstić information content (AvgIpc) is 4.26. The van der Waals surface area contributed by atoms with Crippen molar-refractivity contribution in [2.24, 2.45) is 5.92 Å². The number of aromatic amines is 1. The molecule has 4 aromatic heterocycles. The third-order valence-electron chi connectivity index (χ3n) is 15.3. The van der Waals surface area contributed by atoms with E-state index in [0.29, 0.717) is 97.7 Å². The summed E-state index contributed by atoms with van der Waals surface area (Å²) in [6, 6.07) is 10.6. The van der Waals surface area contributed by atoms with Crippen molar-refractivity contribution in [2.45, 2.75) is 101 Å². The van der Waals surface area contributed by atoms with Gasteiger partial charge in [0.15, 0.2) is 9.84 Å². The molecule has 9 rings (SSSR count). The number of likely N-dealkylation sites (tertiary alicyclic amines) is 2. The van der Waals surface area contributed by atoms with Crippen molar-refractivity contribution in [1.82, 2.24) is 55.5 Å². The molecule has 19 nitrogen and oxygen atoms in total. The summed E-state index contributed by atoms with van der Waals surface area (Å²) in [5.41, 5.74) is 5.09. The summed E-state index contributed by atoms with van der Waals surface area (Å²) in [6.45, 7) is 15.6. The number of benzene rings is 2. The first-order valence-corrected chi connectivity index (χ1v) is 28.6. The zero-order valence-corrected chi connectivity index (χ0v) is 50.8. The first-order valence-electron chi connectivity index (χ1n) is 26.2. The first-order chi connectivity index (χ1) is 36.8. The van der Waals surface area contributed by atoms with Gasteiger partial charge >= 0.3 is 0 Å². The van der Waals surface area contributed by atoms with Crippen molar-refractivity contribution in [3.63, 3.8) is 0 Å². The van der Waals surface area contributed by atoms with Crippen LogP contribution in [-0.4, -0.2) is 160 Å². The highest BCUT2D eigenvalue weighted by molar-refractivity contribution is 7.92. The van der Waals surface area contributed by atoms with E-state index in [1.165, 1.54) is 41.9 Å². The number of anilines is 1. The number of thiazole rings is 1. The lowest BCUT2D eigenvalue weighted by atomic mass is 9.87. The van der Waals surface area contributed by atoms with Gasteiger partial charge in [-0.05, 0) is 128 Å². The zero-order valence-electron chi connectivity index (χ0n) is 46.1. The van der Waals surface area contributed by atoms with E-state index in [4.69, 9.17) is 9.72 Å². The number of halogens is 1. The van der Waals surface area contributed by atoms with Gasteiger partial charge in [0.25, 0.3) is 5.91 Å². The molecular weight excluding hydrogens is 1120 g/mol. The number of likely N-dealkylation sites (N-methyl/N-ethyl adjacent to an activating group) is 1. The van der Waals surface area contributed by atoms with Crippen LogP contribution in [-0.2, 0) is 25.8 Å². The Kier molecular flexibility index (Phi) is 21.4. The predicted octanol–water partition coefficient (Wildman–Crippen LogP) is 6.20. The van der Waals surface area contributed by atoms with Crippen LogP contribution in [0.25, 0.3) is 10.9 Å². The van der Waals surface area contributed by atoms with Gasteiger partial charge in [0.1, 0.15) is 52.0 Å². The number of piperazine rings is 1. The second-order valence-electron chi connectivity index (χ2n) is 21.2. The number of nitrogens with one attached hydrogen (secondary N) is 3. The van der Waals surface area contributed by atoms with Gasteiger partial charge in [0, 0.05) is 93.1 Å². The number of piperidine rings is 1. The molecule has 0 spiro atoms. The molecule has 3 amide bonds. The highest BCUT2D eigenvalue weighted by Crippen LogP contribution is 2.38. The van der Waals surface area contributed by atoms with Crippen molar-refractivity contribution in [3.05, 3.63) is 117 Å². The molecule has 0 aliphatic carbocycles. The lowest BCUT2D eigenvalue weighted by Gasteiger charge is -2.38. The molecule has 6 aromatic rings. The highest BCUT2D eigenvalue weighted by atomic mass is 32.2. The molecule has 0 unspecified atom stereocenters. The van der Waals surface area contributed by atoms with Crippen molar-refractivity contribution in [1.29, 1.82) is 0 Å². The van der Waals surface area contributed by atoms with Crippen LogP contribution in [0.2, 0.25) is 0 Å². The minimum atomic E-state index is -3.83. The number of carbonyl (C=O) groups is 4. The number of ether oxygens (including phenoxy) is 1. The smallest absolute Gasteiger partial charge is 0.255 e. The summed E-state index contributed by atoms with van der Waals surface area (Å²) < 4.78 is 46.8. The van der Waals surface area contributed by atoms with Crippen LogP contribution in [0.15, 0.2) is 71.3 Å². The number of hydrogen-bond donors (Lipinski definition) is 3. The molecule has 3 aliphatic rings. The van der Waals surface area contributed by atoms with Crippen LogP contribution in [0, 0.1) is 25.6 Å². The van der Waals surface area contributed by atoms with Crippen LogP contribution in [0.5, 0.6) is 5.75 Å². The summed E-state index contributed by atoms with van der Waals surface area (Å²) in [5, 5.41) is 16.4. The number of aryl methyl sites for hydroxylation is 1. The normalized spacial score (nSPS) is 17.0. The SMILES string of the molecule is CN[C@@H](C)C(=O)N[C@H](C(=O)N1CCC[C@H]1c1nc(C(=O)c2ccc(F)cc2)cs1)C1CCN(C(=O)c2ccc(N3CCN(CCOc4cc5ncnc(Cc6n[nH]c(C)c6C)c5cc4S(=O)(=O)C(C)(C)C)CC3)nc2)CC1.S.S.S. The Morgan fingerprint density at radius 3 is 2.23 bits per heavy atom. The molecule has 3 saturated heterocycles. The molecule has 3 aliphatic heterocycles. The van der Waals surface area contributed by atoms with E-state index in [1.54, 1.807) is 74.3 Å². The van der Waals surface area contributed by atoms with Crippen molar-refractivity contribution < 1.29 is 36.7 Å². The molecule has 3 atom stereocenters. The number of hydrogen-bond acceptors (Lipinski definition) is 16. The molecule has 80 heavy (non-hydrogen) atoms. The summed E-state index contributed by atoms with van der Waals surface area (Å²) in [7, 11) is -2.15. The minimum absolute atomic E-state index is 0. The Balaban J connectivity index is 0.00000344. The number of aromatic nitrogens is 6. The van der Waals surface area contributed by atoms with Gasteiger partial charge in [-0.15, -0.1) is 11.3 Å². The Morgan fingerprint density at radius 2 is 1.59 bits per heavy atom. The summed E-state index contributed by atoms with van der Waals surface area (Å²) in [4.78, 5) is 81.5. The topological polar surface area (TPSA) is 229 Å². The van der Waals surface area contributed by atoms with E-state index < -0.39 is 32.5 Å². The van der Waals surface area contributed by atoms with Crippen molar-refractivity contribution in [3.8, 4) is 5.75 Å². The van der Waals surface area contributed by atoms with Crippen LogP contribution in [0.4, 0.5) is 10.2 Å². The van der Waals surface area contributed by atoms with Gasteiger partial charge in [-0.2, -0.15) is 45.6 Å². The zero-order chi connectivity index (χ0) is 54.8. The molecular formula is C55H73FN12O7S5. The van der Waals surface area contributed by atoms with Gasteiger partial charge in [-0.25, -0.2) is 32.7 Å². The molecule has 432 valence electrons. The van der Waals surface area contributed by atoms with E-state index in [2.05, 4.69) is 45.6 Å². The van der Waals surface area contributed by atoms with E-state index in [-0.39, 0.29) is 98.9 Å². The summed E-state index contributed by atoms with van der Waals surface area (Å²) in [5.74, 6) is -0.680.